The highest BCUT2D eigenvalue weighted by atomic mass is 19.1. The fourth-order valence-electron chi connectivity index (χ4n) is 3.89. The minimum Gasteiger partial charge on any atom is -0.438 e. The predicted octanol–water partition coefficient (Wildman–Crippen LogP) is 4.55. The Kier molecular flexibility index (Phi) is 7.40. The molecule has 0 saturated carbocycles. The van der Waals surface area contributed by atoms with Crippen molar-refractivity contribution in [1.29, 1.82) is 0 Å². The SMILES string of the molecule is CCC(=O)Nc1ccc([C@@H]2OC(=O)N(Cc3ccc(F)cc3)[C@H]2C(=O)NCc2ccccc2)cc1. The van der Waals surface area contributed by atoms with Gasteiger partial charge in [0.05, 0.1) is 6.54 Å². The number of hydrogen-bond acceptors (Lipinski definition) is 4. The van der Waals surface area contributed by atoms with E-state index in [0.29, 0.717) is 29.8 Å². The number of hydrogen-bond donors (Lipinski definition) is 2. The Labute approximate surface area is 202 Å². The molecule has 180 valence electrons. The Hall–Kier alpha value is -4.20. The third-order valence-electron chi connectivity index (χ3n) is 5.77. The number of anilines is 1. The molecule has 1 fully saturated rings. The van der Waals surface area contributed by atoms with Gasteiger partial charge in [-0.1, -0.05) is 61.5 Å². The van der Waals surface area contributed by atoms with E-state index < -0.39 is 18.2 Å². The summed E-state index contributed by atoms with van der Waals surface area (Å²) in [4.78, 5) is 39.2. The first kappa shape index (κ1) is 23.9. The standard InChI is InChI=1S/C27H26FN3O4/c1-2-23(32)30-22-14-10-20(11-15-22)25-24(26(33)29-16-18-6-4-3-5-7-18)31(27(34)35-25)17-19-8-12-21(28)13-9-19/h3-15,24-25H,2,16-17H2,1H3,(H,29,33)(H,30,32)/t24-,25+/m1/s1. The van der Waals surface area contributed by atoms with Gasteiger partial charge in [0.15, 0.2) is 12.1 Å². The number of ether oxygens (including phenoxy) is 1. The molecule has 0 aliphatic carbocycles. The van der Waals surface area contributed by atoms with E-state index in [2.05, 4.69) is 10.6 Å². The smallest absolute Gasteiger partial charge is 0.411 e. The van der Waals surface area contributed by atoms with Crippen molar-refractivity contribution in [3.8, 4) is 0 Å². The van der Waals surface area contributed by atoms with Gasteiger partial charge in [-0.2, -0.15) is 0 Å². The number of carbonyl (C=O) groups excluding carboxylic acids is 3. The Morgan fingerprint density at radius 1 is 0.943 bits per heavy atom. The zero-order chi connectivity index (χ0) is 24.8. The highest BCUT2D eigenvalue weighted by Crippen LogP contribution is 2.34. The predicted molar refractivity (Wildman–Crippen MR) is 129 cm³/mol. The molecular weight excluding hydrogens is 449 g/mol. The minimum absolute atomic E-state index is 0.0870. The molecule has 3 amide bonds. The summed E-state index contributed by atoms with van der Waals surface area (Å²) in [5.74, 6) is -0.869. The summed E-state index contributed by atoms with van der Waals surface area (Å²) >= 11 is 0. The molecule has 7 nitrogen and oxygen atoms in total. The van der Waals surface area contributed by atoms with Crippen molar-refractivity contribution in [1.82, 2.24) is 10.2 Å². The van der Waals surface area contributed by atoms with E-state index in [9.17, 15) is 18.8 Å². The number of nitrogens with zero attached hydrogens (tertiary/aromatic N) is 1. The molecule has 8 heteroatoms. The molecule has 3 aromatic carbocycles. The van der Waals surface area contributed by atoms with E-state index in [0.717, 1.165) is 5.56 Å². The Bertz CT molecular complexity index is 1180. The van der Waals surface area contributed by atoms with Gasteiger partial charge in [-0.05, 0) is 41.0 Å². The van der Waals surface area contributed by atoms with Crippen molar-refractivity contribution in [2.45, 2.75) is 38.6 Å². The molecule has 1 heterocycles. The van der Waals surface area contributed by atoms with E-state index in [1.807, 2.05) is 30.3 Å². The fraction of sp³-hybridized carbons (Fsp3) is 0.222. The quantitative estimate of drug-likeness (QED) is 0.500. The Balaban J connectivity index is 1.58. The second-order valence-electron chi connectivity index (χ2n) is 8.23. The first-order valence-corrected chi connectivity index (χ1v) is 11.4. The minimum atomic E-state index is -0.938. The average Bonchev–Trinajstić information content (AvgIpc) is 3.20. The van der Waals surface area contributed by atoms with Gasteiger partial charge in [-0.25, -0.2) is 9.18 Å². The van der Waals surface area contributed by atoms with E-state index >= 15 is 0 Å². The molecule has 4 rings (SSSR count). The van der Waals surface area contributed by atoms with Crippen LogP contribution in [-0.2, 0) is 27.4 Å². The molecule has 0 bridgehead atoms. The van der Waals surface area contributed by atoms with Crippen LogP contribution >= 0.6 is 0 Å². The van der Waals surface area contributed by atoms with Crippen LogP contribution < -0.4 is 10.6 Å². The number of benzene rings is 3. The van der Waals surface area contributed by atoms with Crippen molar-refractivity contribution < 1.29 is 23.5 Å². The van der Waals surface area contributed by atoms with Crippen LogP contribution in [-0.4, -0.2) is 28.8 Å². The molecule has 1 aliphatic rings. The van der Waals surface area contributed by atoms with Crippen LogP contribution in [0.15, 0.2) is 78.9 Å². The number of halogens is 1. The molecular formula is C27H26FN3O4. The normalized spacial score (nSPS) is 17.1. The van der Waals surface area contributed by atoms with Crippen molar-refractivity contribution in [2.75, 3.05) is 5.32 Å². The van der Waals surface area contributed by atoms with Gasteiger partial charge in [-0.15, -0.1) is 0 Å². The highest BCUT2D eigenvalue weighted by Gasteiger charge is 2.46. The average molecular weight is 476 g/mol. The zero-order valence-electron chi connectivity index (χ0n) is 19.2. The summed E-state index contributed by atoms with van der Waals surface area (Å²) in [7, 11) is 0. The van der Waals surface area contributed by atoms with Crippen LogP contribution in [0.25, 0.3) is 0 Å². The number of rotatable bonds is 8. The van der Waals surface area contributed by atoms with E-state index in [1.165, 1.54) is 17.0 Å². The molecule has 35 heavy (non-hydrogen) atoms. The van der Waals surface area contributed by atoms with Gasteiger partial charge in [0.25, 0.3) is 0 Å². The molecule has 0 radical (unpaired) electrons. The summed E-state index contributed by atoms with van der Waals surface area (Å²) in [5.41, 5.74) is 2.82. The first-order valence-electron chi connectivity index (χ1n) is 11.4. The summed E-state index contributed by atoms with van der Waals surface area (Å²) < 4.78 is 19.0. The van der Waals surface area contributed by atoms with E-state index in [4.69, 9.17) is 4.74 Å². The fourth-order valence-corrected chi connectivity index (χ4v) is 3.89. The van der Waals surface area contributed by atoms with Crippen LogP contribution in [0, 0.1) is 5.82 Å². The van der Waals surface area contributed by atoms with Gasteiger partial charge < -0.3 is 15.4 Å². The third kappa shape index (κ3) is 5.84. The number of amides is 3. The third-order valence-corrected chi connectivity index (χ3v) is 5.77. The molecule has 1 saturated heterocycles. The maximum absolute atomic E-state index is 13.4. The summed E-state index contributed by atoms with van der Waals surface area (Å²) in [6.07, 6.45) is -1.14. The van der Waals surface area contributed by atoms with Crippen molar-refractivity contribution in [3.63, 3.8) is 0 Å². The molecule has 0 unspecified atom stereocenters. The lowest BCUT2D eigenvalue weighted by molar-refractivity contribution is -0.126. The van der Waals surface area contributed by atoms with Crippen LogP contribution in [0.2, 0.25) is 0 Å². The second kappa shape index (κ2) is 10.8. The molecule has 1 aliphatic heterocycles. The van der Waals surface area contributed by atoms with Crippen LogP contribution in [0.3, 0.4) is 0 Å². The maximum Gasteiger partial charge on any atom is 0.411 e. The lowest BCUT2D eigenvalue weighted by atomic mass is 10.00. The van der Waals surface area contributed by atoms with Gasteiger partial charge in [0.1, 0.15) is 5.82 Å². The summed E-state index contributed by atoms with van der Waals surface area (Å²) in [6.45, 7) is 2.14. The van der Waals surface area contributed by atoms with E-state index in [-0.39, 0.29) is 24.2 Å². The van der Waals surface area contributed by atoms with Crippen molar-refractivity contribution >= 4 is 23.6 Å². The monoisotopic (exact) mass is 475 g/mol. The largest absolute Gasteiger partial charge is 0.438 e. The number of carbonyl (C=O) groups is 3. The summed E-state index contributed by atoms with van der Waals surface area (Å²) in [5, 5.41) is 5.67. The summed E-state index contributed by atoms with van der Waals surface area (Å²) in [6, 6.07) is 21.1. The lowest BCUT2D eigenvalue weighted by Gasteiger charge is -2.24. The van der Waals surface area contributed by atoms with E-state index in [1.54, 1.807) is 43.3 Å². The van der Waals surface area contributed by atoms with Crippen LogP contribution in [0.1, 0.15) is 36.1 Å². The topological polar surface area (TPSA) is 87.7 Å². The maximum atomic E-state index is 13.4. The molecule has 0 spiro atoms. The number of nitrogens with one attached hydrogen (secondary N) is 2. The van der Waals surface area contributed by atoms with Gasteiger partial charge in [0, 0.05) is 18.7 Å². The molecule has 3 aromatic rings. The first-order chi connectivity index (χ1) is 16.9. The van der Waals surface area contributed by atoms with Gasteiger partial charge in [-0.3, -0.25) is 14.5 Å². The van der Waals surface area contributed by atoms with Crippen LogP contribution in [0.4, 0.5) is 14.9 Å². The van der Waals surface area contributed by atoms with Gasteiger partial charge >= 0.3 is 6.09 Å². The Morgan fingerprint density at radius 3 is 2.29 bits per heavy atom. The van der Waals surface area contributed by atoms with Crippen LogP contribution in [0.5, 0.6) is 0 Å². The second-order valence-corrected chi connectivity index (χ2v) is 8.23. The molecule has 2 atom stereocenters. The molecule has 2 N–H and O–H groups in total. The zero-order valence-corrected chi connectivity index (χ0v) is 19.2. The van der Waals surface area contributed by atoms with Crippen molar-refractivity contribution in [3.05, 3.63) is 101 Å². The molecule has 0 aromatic heterocycles. The van der Waals surface area contributed by atoms with Gasteiger partial charge in [0.2, 0.25) is 11.8 Å². The highest BCUT2D eigenvalue weighted by molar-refractivity contribution is 5.91. The lowest BCUT2D eigenvalue weighted by Crippen LogP contribution is -2.46. The Morgan fingerprint density at radius 2 is 1.63 bits per heavy atom. The van der Waals surface area contributed by atoms with Crippen molar-refractivity contribution in [2.24, 2.45) is 0 Å². The number of cyclic esters (lactones) is 1.